The Morgan fingerprint density at radius 3 is 2.19 bits per heavy atom. The van der Waals surface area contributed by atoms with E-state index in [4.69, 9.17) is 13.9 Å². The number of aryl methyl sites for hydroxylation is 2. The van der Waals surface area contributed by atoms with E-state index in [1.165, 1.54) is 30.8 Å². The van der Waals surface area contributed by atoms with Crippen LogP contribution in [0.4, 0.5) is 5.69 Å². The standard InChI is InChI=1S/C31H32N4O7S/c1-21-5-9-23(10-6-21)19-35(43(38,39)27-14-7-22(2)8-15-27)20-26-12-11-25(42-26)18-32-34-31(37)30(36)33-28-17-24(40-3)13-16-29(28)41-4/h5-18H,19-20H2,1-4H3,(H,33,36)(H,34,37)/b32-18+. The molecule has 0 fully saturated rings. The fraction of sp³-hybridized carbons (Fsp3) is 0.194. The van der Waals surface area contributed by atoms with Gasteiger partial charge in [0.2, 0.25) is 10.0 Å². The summed E-state index contributed by atoms with van der Waals surface area (Å²) >= 11 is 0. The molecule has 2 N–H and O–H groups in total. The van der Waals surface area contributed by atoms with Crippen molar-refractivity contribution in [3.8, 4) is 11.5 Å². The highest BCUT2D eigenvalue weighted by Crippen LogP contribution is 2.29. The first-order valence-corrected chi connectivity index (χ1v) is 14.6. The van der Waals surface area contributed by atoms with Crippen molar-refractivity contribution in [3.05, 3.63) is 107 Å². The molecule has 0 aliphatic heterocycles. The number of sulfonamides is 1. The molecule has 0 saturated heterocycles. The Labute approximate surface area is 250 Å². The summed E-state index contributed by atoms with van der Waals surface area (Å²) < 4.78 is 44.7. The second-order valence-corrected chi connectivity index (χ2v) is 11.5. The SMILES string of the molecule is COc1ccc(OC)c(NC(=O)C(=O)N/N=C/c2ccc(CN(Cc3ccc(C)cc3)S(=O)(=O)c3ccc(C)cc3)o2)c1. The average molecular weight is 605 g/mol. The van der Waals surface area contributed by atoms with Gasteiger partial charge in [-0.3, -0.25) is 9.59 Å². The Morgan fingerprint density at radius 2 is 1.53 bits per heavy atom. The molecule has 0 bridgehead atoms. The van der Waals surface area contributed by atoms with E-state index in [9.17, 15) is 18.0 Å². The number of hydrogen-bond donors (Lipinski definition) is 2. The number of rotatable bonds is 11. The molecule has 0 unspecified atom stereocenters. The Bertz CT molecular complexity index is 1710. The van der Waals surface area contributed by atoms with Crippen LogP contribution in [0.1, 0.15) is 28.2 Å². The molecule has 2 amide bonds. The van der Waals surface area contributed by atoms with Gasteiger partial charge >= 0.3 is 11.8 Å². The number of carbonyl (C=O) groups is 2. The smallest absolute Gasteiger partial charge is 0.329 e. The van der Waals surface area contributed by atoms with E-state index in [0.29, 0.717) is 17.3 Å². The fourth-order valence-electron chi connectivity index (χ4n) is 4.00. The molecule has 12 heteroatoms. The summed E-state index contributed by atoms with van der Waals surface area (Å²) in [5, 5.41) is 6.23. The molecule has 0 aliphatic rings. The van der Waals surface area contributed by atoms with E-state index in [-0.39, 0.29) is 29.4 Å². The van der Waals surface area contributed by atoms with Crippen molar-refractivity contribution in [2.75, 3.05) is 19.5 Å². The van der Waals surface area contributed by atoms with Crippen molar-refractivity contribution < 1.29 is 31.9 Å². The van der Waals surface area contributed by atoms with Crippen molar-refractivity contribution in [2.24, 2.45) is 5.10 Å². The first-order valence-electron chi connectivity index (χ1n) is 13.2. The summed E-state index contributed by atoms with van der Waals surface area (Å²) in [5.41, 5.74) is 5.22. The van der Waals surface area contributed by atoms with Gasteiger partial charge in [0.15, 0.2) is 0 Å². The van der Waals surface area contributed by atoms with Gasteiger partial charge in [-0.2, -0.15) is 9.41 Å². The van der Waals surface area contributed by atoms with Crippen LogP contribution in [0.2, 0.25) is 0 Å². The highest BCUT2D eigenvalue weighted by Gasteiger charge is 2.26. The molecule has 1 aromatic heterocycles. The Kier molecular flexibility index (Phi) is 9.96. The number of nitrogens with one attached hydrogen (secondary N) is 2. The normalized spacial score (nSPS) is 11.5. The lowest BCUT2D eigenvalue weighted by Crippen LogP contribution is -2.32. The number of ether oxygens (including phenoxy) is 2. The molecule has 43 heavy (non-hydrogen) atoms. The van der Waals surface area contributed by atoms with Crippen molar-refractivity contribution >= 4 is 33.7 Å². The number of carbonyl (C=O) groups excluding carboxylic acids is 2. The second kappa shape index (κ2) is 13.8. The molecule has 0 aliphatic carbocycles. The lowest BCUT2D eigenvalue weighted by molar-refractivity contribution is -0.136. The number of nitrogens with zero attached hydrogens (tertiary/aromatic N) is 2. The van der Waals surface area contributed by atoms with E-state index in [0.717, 1.165) is 16.7 Å². The fourth-order valence-corrected chi connectivity index (χ4v) is 5.40. The first kappa shape index (κ1) is 31.0. The monoisotopic (exact) mass is 604 g/mol. The lowest BCUT2D eigenvalue weighted by atomic mass is 10.1. The molecular weight excluding hydrogens is 572 g/mol. The van der Waals surface area contributed by atoms with Crippen LogP contribution in [-0.4, -0.2) is 45.0 Å². The number of anilines is 1. The maximum Gasteiger partial charge on any atom is 0.329 e. The first-order chi connectivity index (χ1) is 20.6. The highest BCUT2D eigenvalue weighted by atomic mass is 32.2. The lowest BCUT2D eigenvalue weighted by Gasteiger charge is -2.21. The molecule has 1 heterocycles. The molecular formula is C31H32N4O7S. The third kappa shape index (κ3) is 8.09. The summed E-state index contributed by atoms with van der Waals surface area (Å²) in [6.45, 7) is 3.93. The highest BCUT2D eigenvalue weighted by molar-refractivity contribution is 7.89. The minimum atomic E-state index is -3.87. The number of hydrazone groups is 1. The zero-order valence-electron chi connectivity index (χ0n) is 24.2. The summed E-state index contributed by atoms with van der Waals surface area (Å²) in [5.74, 6) is -0.591. The van der Waals surface area contributed by atoms with Gasteiger partial charge in [-0.1, -0.05) is 47.5 Å². The Morgan fingerprint density at radius 1 is 0.860 bits per heavy atom. The number of furan rings is 1. The van der Waals surface area contributed by atoms with Gasteiger partial charge < -0.3 is 19.2 Å². The molecule has 3 aromatic carbocycles. The predicted molar refractivity (Wildman–Crippen MR) is 161 cm³/mol. The largest absolute Gasteiger partial charge is 0.497 e. The number of benzene rings is 3. The van der Waals surface area contributed by atoms with Crippen LogP contribution in [0.3, 0.4) is 0 Å². The Balaban J connectivity index is 1.44. The van der Waals surface area contributed by atoms with Gasteiger partial charge in [0.1, 0.15) is 23.0 Å². The zero-order chi connectivity index (χ0) is 31.0. The van der Waals surface area contributed by atoms with Crippen LogP contribution >= 0.6 is 0 Å². The maximum atomic E-state index is 13.6. The van der Waals surface area contributed by atoms with Crippen molar-refractivity contribution in [2.45, 2.75) is 31.8 Å². The second-order valence-electron chi connectivity index (χ2n) is 9.60. The van der Waals surface area contributed by atoms with E-state index in [2.05, 4.69) is 15.8 Å². The van der Waals surface area contributed by atoms with Crippen LogP contribution in [0.15, 0.2) is 93.3 Å². The van der Waals surface area contributed by atoms with E-state index >= 15 is 0 Å². The van der Waals surface area contributed by atoms with Gasteiger partial charge in [-0.25, -0.2) is 13.8 Å². The van der Waals surface area contributed by atoms with Gasteiger partial charge in [0.25, 0.3) is 0 Å². The van der Waals surface area contributed by atoms with Crippen LogP contribution in [0.5, 0.6) is 11.5 Å². The van der Waals surface area contributed by atoms with Gasteiger partial charge in [0, 0.05) is 12.6 Å². The van der Waals surface area contributed by atoms with E-state index in [1.807, 2.05) is 38.1 Å². The van der Waals surface area contributed by atoms with E-state index < -0.39 is 21.8 Å². The van der Waals surface area contributed by atoms with Crippen LogP contribution in [-0.2, 0) is 32.7 Å². The molecule has 0 spiro atoms. The van der Waals surface area contributed by atoms with Gasteiger partial charge in [-0.05, 0) is 55.8 Å². The zero-order valence-corrected chi connectivity index (χ0v) is 25.0. The van der Waals surface area contributed by atoms with Gasteiger partial charge in [0.05, 0.1) is 37.6 Å². The van der Waals surface area contributed by atoms with Crippen LogP contribution in [0, 0.1) is 13.8 Å². The summed E-state index contributed by atoms with van der Waals surface area (Å²) in [6, 6.07) is 22.2. The van der Waals surface area contributed by atoms with Crippen LogP contribution in [0.25, 0.3) is 0 Å². The molecule has 11 nitrogen and oxygen atoms in total. The minimum absolute atomic E-state index is 0.0466. The molecule has 0 saturated carbocycles. The van der Waals surface area contributed by atoms with Crippen molar-refractivity contribution in [1.29, 1.82) is 0 Å². The quantitative estimate of drug-likeness (QED) is 0.147. The summed E-state index contributed by atoms with van der Waals surface area (Å²) in [7, 11) is -0.965. The molecule has 4 aromatic rings. The van der Waals surface area contributed by atoms with Crippen molar-refractivity contribution in [1.82, 2.24) is 9.73 Å². The topological polar surface area (TPSA) is 140 Å². The number of hydrogen-bond acceptors (Lipinski definition) is 8. The molecule has 0 radical (unpaired) electrons. The summed E-state index contributed by atoms with van der Waals surface area (Å²) in [6.07, 6.45) is 1.21. The molecule has 0 atom stereocenters. The van der Waals surface area contributed by atoms with Crippen molar-refractivity contribution in [3.63, 3.8) is 0 Å². The third-order valence-corrected chi connectivity index (χ3v) is 8.18. The van der Waals surface area contributed by atoms with Gasteiger partial charge in [-0.15, -0.1) is 0 Å². The maximum absolute atomic E-state index is 13.6. The number of methoxy groups -OCH3 is 2. The average Bonchev–Trinajstić information content (AvgIpc) is 3.45. The minimum Gasteiger partial charge on any atom is -0.497 e. The number of amides is 2. The summed E-state index contributed by atoms with van der Waals surface area (Å²) in [4.78, 5) is 24.8. The van der Waals surface area contributed by atoms with E-state index in [1.54, 1.807) is 48.5 Å². The van der Waals surface area contributed by atoms with Crippen LogP contribution < -0.4 is 20.2 Å². The third-order valence-electron chi connectivity index (χ3n) is 6.37. The Hall–Kier alpha value is -4.94. The molecule has 4 rings (SSSR count). The predicted octanol–water partition coefficient (Wildman–Crippen LogP) is 4.39. The molecule has 224 valence electrons.